The summed E-state index contributed by atoms with van der Waals surface area (Å²) in [5.41, 5.74) is 0.880. The lowest BCUT2D eigenvalue weighted by molar-refractivity contribution is 0.602. The maximum Gasteiger partial charge on any atom is 0.136 e. The molecule has 16 heavy (non-hydrogen) atoms. The van der Waals surface area contributed by atoms with Gasteiger partial charge in [-0.3, -0.25) is 0 Å². The molecule has 0 saturated heterocycles. The third-order valence-corrected chi connectivity index (χ3v) is 3.37. The fourth-order valence-corrected chi connectivity index (χ4v) is 2.21. The molecule has 0 fully saturated rings. The van der Waals surface area contributed by atoms with Crippen molar-refractivity contribution in [1.29, 1.82) is 0 Å². The van der Waals surface area contributed by atoms with Crippen molar-refractivity contribution < 1.29 is 4.39 Å². The van der Waals surface area contributed by atoms with Crippen LogP contribution in [0.4, 0.5) is 4.39 Å². The lowest BCUT2D eigenvalue weighted by atomic mass is 10.3. The van der Waals surface area contributed by atoms with Gasteiger partial charge < -0.3 is 4.98 Å². The maximum absolute atomic E-state index is 13.3. The van der Waals surface area contributed by atoms with E-state index in [1.807, 2.05) is 6.07 Å². The maximum atomic E-state index is 13.3. The van der Waals surface area contributed by atoms with Gasteiger partial charge in [0, 0.05) is 16.8 Å². The van der Waals surface area contributed by atoms with E-state index in [4.69, 9.17) is 11.6 Å². The van der Waals surface area contributed by atoms with Crippen LogP contribution in [0.3, 0.4) is 0 Å². The molecule has 2 nitrogen and oxygen atoms in total. The fourth-order valence-electron chi connectivity index (χ4n) is 1.25. The normalized spacial score (nSPS) is 10.6. The molecule has 0 amide bonds. The average Bonchev–Trinajstić information content (AvgIpc) is 2.76. The number of hydrogen-bond donors (Lipinski definition) is 1. The van der Waals surface area contributed by atoms with Crippen molar-refractivity contribution in [1.82, 2.24) is 9.97 Å². The molecule has 0 saturated carbocycles. The molecule has 0 atom stereocenters. The molecule has 1 heterocycles. The van der Waals surface area contributed by atoms with E-state index in [-0.39, 0.29) is 5.82 Å². The number of rotatable bonds is 4. The SMILES string of the molecule is Fc1ccccc1SCc1ncc(CCl)[nH]1. The number of halogens is 2. The summed E-state index contributed by atoms with van der Waals surface area (Å²) in [6.45, 7) is 0. The van der Waals surface area contributed by atoms with E-state index in [1.165, 1.54) is 17.8 Å². The van der Waals surface area contributed by atoms with E-state index < -0.39 is 0 Å². The number of aromatic amines is 1. The van der Waals surface area contributed by atoms with Gasteiger partial charge in [0.1, 0.15) is 11.6 Å². The molecule has 84 valence electrons. The molecule has 0 radical (unpaired) electrons. The number of alkyl halides is 1. The molecular formula is C11H10ClFN2S. The summed E-state index contributed by atoms with van der Waals surface area (Å²) in [6.07, 6.45) is 1.70. The molecule has 0 bridgehead atoms. The minimum atomic E-state index is -0.198. The number of imidazole rings is 1. The number of benzene rings is 1. The van der Waals surface area contributed by atoms with Crippen molar-refractivity contribution in [3.05, 3.63) is 47.8 Å². The Hall–Kier alpha value is -1.00. The number of H-pyrrole nitrogens is 1. The molecule has 0 aliphatic heterocycles. The van der Waals surface area contributed by atoms with Crippen LogP contribution in [0.1, 0.15) is 11.5 Å². The van der Waals surface area contributed by atoms with Crippen LogP contribution in [-0.2, 0) is 11.6 Å². The van der Waals surface area contributed by atoms with Crippen LogP contribution in [-0.4, -0.2) is 9.97 Å². The van der Waals surface area contributed by atoms with Crippen molar-refractivity contribution in [3.8, 4) is 0 Å². The Morgan fingerprint density at radius 1 is 1.38 bits per heavy atom. The molecular weight excluding hydrogens is 247 g/mol. The minimum Gasteiger partial charge on any atom is -0.344 e. The summed E-state index contributed by atoms with van der Waals surface area (Å²) in [5, 5.41) is 0. The highest BCUT2D eigenvalue weighted by Crippen LogP contribution is 2.24. The highest BCUT2D eigenvalue weighted by Gasteiger charge is 2.04. The van der Waals surface area contributed by atoms with Crippen LogP contribution >= 0.6 is 23.4 Å². The van der Waals surface area contributed by atoms with Crippen LogP contribution in [0.25, 0.3) is 0 Å². The number of nitrogens with one attached hydrogen (secondary N) is 1. The van der Waals surface area contributed by atoms with Gasteiger partial charge in [-0.05, 0) is 12.1 Å². The summed E-state index contributed by atoms with van der Waals surface area (Å²) in [5.74, 6) is 1.63. The van der Waals surface area contributed by atoms with E-state index in [2.05, 4.69) is 9.97 Å². The average molecular weight is 257 g/mol. The Morgan fingerprint density at radius 3 is 2.88 bits per heavy atom. The van der Waals surface area contributed by atoms with Gasteiger partial charge in [-0.15, -0.1) is 23.4 Å². The Balaban J connectivity index is 1.99. The quantitative estimate of drug-likeness (QED) is 0.669. The topological polar surface area (TPSA) is 28.7 Å². The first kappa shape index (κ1) is 11.5. The van der Waals surface area contributed by atoms with Gasteiger partial charge in [0.25, 0.3) is 0 Å². The van der Waals surface area contributed by atoms with Gasteiger partial charge in [-0.2, -0.15) is 0 Å². The van der Waals surface area contributed by atoms with Gasteiger partial charge in [0.15, 0.2) is 0 Å². The van der Waals surface area contributed by atoms with E-state index in [0.29, 0.717) is 16.5 Å². The smallest absolute Gasteiger partial charge is 0.136 e. The Labute approximate surface area is 102 Å². The summed E-state index contributed by atoms with van der Waals surface area (Å²) >= 11 is 7.06. The zero-order valence-electron chi connectivity index (χ0n) is 8.41. The molecule has 2 aromatic rings. The molecule has 1 aromatic heterocycles. The molecule has 1 aromatic carbocycles. The monoisotopic (exact) mass is 256 g/mol. The first-order valence-corrected chi connectivity index (χ1v) is 6.27. The number of aromatic nitrogens is 2. The summed E-state index contributed by atoms with van der Waals surface area (Å²) in [7, 11) is 0. The summed E-state index contributed by atoms with van der Waals surface area (Å²) < 4.78 is 13.3. The van der Waals surface area contributed by atoms with Crippen molar-refractivity contribution in [2.75, 3.05) is 0 Å². The van der Waals surface area contributed by atoms with Gasteiger partial charge >= 0.3 is 0 Å². The second-order valence-corrected chi connectivity index (χ2v) is 4.49. The van der Waals surface area contributed by atoms with E-state index in [9.17, 15) is 4.39 Å². The zero-order valence-corrected chi connectivity index (χ0v) is 9.98. The van der Waals surface area contributed by atoms with E-state index in [0.717, 1.165) is 11.5 Å². The molecule has 0 aliphatic rings. The van der Waals surface area contributed by atoms with Gasteiger partial charge in [0.05, 0.1) is 11.6 Å². The Morgan fingerprint density at radius 2 is 2.19 bits per heavy atom. The minimum absolute atomic E-state index is 0.198. The molecule has 0 unspecified atom stereocenters. The Kier molecular flexibility index (Phi) is 3.85. The molecule has 5 heteroatoms. The Bertz CT molecular complexity index is 473. The predicted octanol–water partition coefficient (Wildman–Crippen LogP) is 3.58. The van der Waals surface area contributed by atoms with Crippen LogP contribution in [0.5, 0.6) is 0 Å². The summed E-state index contributed by atoms with van der Waals surface area (Å²) in [4.78, 5) is 7.85. The lowest BCUT2D eigenvalue weighted by Gasteiger charge is -2.00. The lowest BCUT2D eigenvalue weighted by Crippen LogP contribution is -1.86. The second kappa shape index (κ2) is 5.37. The van der Waals surface area contributed by atoms with Crippen LogP contribution in [0.2, 0.25) is 0 Å². The second-order valence-electron chi connectivity index (χ2n) is 3.21. The molecule has 1 N–H and O–H groups in total. The van der Waals surface area contributed by atoms with Crippen LogP contribution in [0, 0.1) is 5.82 Å². The van der Waals surface area contributed by atoms with E-state index in [1.54, 1.807) is 18.3 Å². The van der Waals surface area contributed by atoms with Crippen molar-refractivity contribution >= 4 is 23.4 Å². The predicted molar refractivity (Wildman–Crippen MR) is 64.1 cm³/mol. The largest absolute Gasteiger partial charge is 0.344 e. The number of hydrogen-bond acceptors (Lipinski definition) is 2. The fraction of sp³-hybridized carbons (Fsp3) is 0.182. The first-order chi connectivity index (χ1) is 7.79. The van der Waals surface area contributed by atoms with Crippen LogP contribution < -0.4 is 0 Å². The van der Waals surface area contributed by atoms with E-state index >= 15 is 0 Å². The number of thioether (sulfide) groups is 1. The standard InChI is InChI=1S/C11H10ClFN2S/c12-5-8-6-14-11(15-8)7-16-10-4-2-1-3-9(10)13/h1-4,6H,5,7H2,(H,14,15). The van der Waals surface area contributed by atoms with Gasteiger partial charge in [0.2, 0.25) is 0 Å². The highest BCUT2D eigenvalue weighted by atomic mass is 35.5. The van der Waals surface area contributed by atoms with Crippen molar-refractivity contribution in [2.45, 2.75) is 16.5 Å². The molecule has 0 aliphatic carbocycles. The van der Waals surface area contributed by atoms with Crippen molar-refractivity contribution in [3.63, 3.8) is 0 Å². The highest BCUT2D eigenvalue weighted by molar-refractivity contribution is 7.98. The van der Waals surface area contributed by atoms with Gasteiger partial charge in [-0.25, -0.2) is 9.37 Å². The summed E-state index contributed by atoms with van der Waals surface area (Å²) in [6, 6.07) is 6.70. The molecule has 2 rings (SSSR count). The van der Waals surface area contributed by atoms with Crippen LogP contribution in [0.15, 0.2) is 35.4 Å². The zero-order chi connectivity index (χ0) is 11.4. The number of nitrogens with zero attached hydrogens (tertiary/aromatic N) is 1. The van der Waals surface area contributed by atoms with Crippen molar-refractivity contribution in [2.24, 2.45) is 0 Å². The first-order valence-electron chi connectivity index (χ1n) is 4.75. The molecule has 0 spiro atoms. The van der Waals surface area contributed by atoms with Gasteiger partial charge in [-0.1, -0.05) is 12.1 Å². The third-order valence-electron chi connectivity index (χ3n) is 2.03. The third kappa shape index (κ3) is 2.77.